The van der Waals surface area contributed by atoms with Crippen molar-refractivity contribution in [3.8, 4) is 5.75 Å². The van der Waals surface area contributed by atoms with Crippen LogP contribution in [0.1, 0.15) is 48.0 Å². The fourth-order valence-corrected chi connectivity index (χ4v) is 2.76. The van der Waals surface area contributed by atoms with E-state index in [-0.39, 0.29) is 11.5 Å². The largest absolute Gasteiger partial charge is 0.505 e. The lowest BCUT2D eigenvalue weighted by Crippen LogP contribution is -2.18. The molecule has 1 amide bonds. The number of fused-ring (bicyclic) bond motifs is 1. The van der Waals surface area contributed by atoms with Crippen LogP contribution in [-0.4, -0.2) is 29.2 Å². The Labute approximate surface area is 123 Å². The van der Waals surface area contributed by atoms with Crippen molar-refractivity contribution in [1.29, 1.82) is 0 Å². The second-order valence-electron chi connectivity index (χ2n) is 5.63. The number of aromatic hydroxyl groups is 1. The summed E-state index contributed by atoms with van der Waals surface area (Å²) in [5, 5.41) is 9.04. The summed E-state index contributed by atoms with van der Waals surface area (Å²) in [5.74, 6) is -1.25. The number of phenolic OH excluding ortho intramolecular Hbond substituents is 1. The molecule has 0 aromatic heterocycles. The zero-order valence-electron chi connectivity index (χ0n) is 12.1. The molecule has 1 aliphatic heterocycles. The fraction of sp³-hybridized carbons (Fsp3) is 0.500. The predicted octanol–water partition coefficient (Wildman–Crippen LogP) is 2.88. The second kappa shape index (κ2) is 6.70. The summed E-state index contributed by atoms with van der Waals surface area (Å²) >= 11 is 0. The number of amides is 1. The zero-order valence-corrected chi connectivity index (χ0v) is 12.1. The van der Waals surface area contributed by atoms with Gasteiger partial charge in [0.1, 0.15) is 6.29 Å². The maximum absolute atomic E-state index is 13.2. The first-order chi connectivity index (χ1) is 10.0. The van der Waals surface area contributed by atoms with Crippen molar-refractivity contribution in [2.45, 2.75) is 38.6 Å². The highest BCUT2D eigenvalue weighted by molar-refractivity contribution is 5.98. The van der Waals surface area contributed by atoms with Gasteiger partial charge in [0.15, 0.2) is 11.6 Å². The van der Waals surface area contributed by atoms with E-state index < -0.39 is 11.6 Å². The lowest BCUT2D eigenvalue weighted by atomic mass is 9.91. The zero-order chi connectivity index (χ0) is 15.4. The lowest BCUT2D eigenvalue weighted by molar-refractivity contribution is -0.111. The van der Waals surface area contributed by atoms with E-state index in [2.05, 4.69) is 0 Å². The summed E-state index contributed by atoms with van der Waals surface area (Å²) in [6, 6.07) is 2.83. The van der Waals surface area contributed by atoms with E-state index in [4.69, 9.17) is 5.11 Å². The van der Waals surface area contributed by atoms with E-state index in [9.17, 15) is 14.0 Å². The SMILES string of the molecule is CN1Cc2ccc(O)c(F)c2C1=O.O=CC1CCCCC1. The average molecular weight is 293 g/mol. The molecule has 0 unspecified atom stereocenters. The van der Waals surface area contributed by atoms with Gasteiger partial charge in [0.2, 0.25) is 0 Å². The number of aldehydes is 1. The number of rotatable bonds is 1. The molecule has 0 saturated heterocycles. The van der Waals surface area contributed by atoms with Crippen LogP contribution in [0.2, 0.25) is 0 Å². The van der Waals surface area contributed by atoms with Crippen molar-refractivity contribution in [1.82, 2.24) is 4.90 Å². The van der Waals surface area contributed by atoms with Crippen molar-refractivity contribution in [2.24, 2.45) is 5.92 Å². The third-order valence-electron chi connectivity index (χ3n) is 4.02. The number of phenols is 1. The van der Waals surface area contributed by atoms with Gasteiger partial charge >= 0.3 is 0 Å². The van der Waals surface area contributed by atoms with Gasteiger partial charge in [-0.05, 0) is 24.5 Å². The molecule has 114 valence electrons. The predicted molar refractivity (Wildman–Crippen MR) is 76.5 cm³/mol. The summed E-state index contributed by atoms with van der Waals surface area (Å²) in [6.45, 7) is 0.408. The lowest BCUT2D eigenvalue weighted by Gasteiger charge is -2.14. The average Bonchev–Trinajstić information content (AvgIpc) is 2.80. The van der Waals surface area contributed by atoms with Crippen LogP contribution in [0.4, 0.5) is 4.39 Å². The van der Waals surface area contributed by atoms with Crippen molar-refractivity contribution < 1.29 is 19.1 Å². The Morgan fingerprint density at radius 1 is 1.29 bits per heavy atom. The number of carbonyl (C=O) groups is 2. The molecule has 0 radical (unpaired) electrons. The molecule has 5 heteroatoms. The van der Waals surface area contributed by atoms with Crippen LogP contribution in [0.5, 0.6) is 5.75 Å². The first kappa shape index (κ1) is 15.5. The van der Waals surface area contributed by atoms with Crippen LogP contribution >= 0.6 is 0 Å². The monoisotopic (exact) mass is 293 g/mol. The normalized spacial score (nSPS) is 18.0. The van der Waals surface area contributed by atoms with Crippen molar-refractivity contribution >= 4 is 12.2 Å². The smallest absolute Gasteiger partial charge is 0.257 e. The standard InChI is InChI=1S/C9H8FNO2.C7H12O/c1-11-4-5-2-3-6(12)8(10)7(5)9(11)13;8-6-7-4-2-1-3-5-7/h2-3,12H,4H2,1H3;6-7H,1-5H2. The molecule has 1 saturated carbocycles. The molecule has 2 aliphatic rings. The molecule has 1 fully saturated rings. The number of nitrogens with zero attached hydrogens (tertiary/aromatic N) is 1. The molecular formula is C16H20FNO3. The number of benzene rings is 1. The maximum Gasteiger partial charge on any atom is 0.257 e. The van der Waals surface area contributed by atoms with Gasteiger partial charge in [0.25, 0.3) is 5.91 Å². The van der Waals surface area contributed by atoms with E-state index in [1.54, 1.807) is 13.1 Å². The molecule has 1 heterocycles. The van der Waals surface area contributed by atoms with E-state index in [1.165, 1.54) is 30.2 Å². The van der Waals surface area contributed by atoms with Crippen LogP contribution < -0.4 is 0 Å². The minimum atomic E-state index is -0.813. The summed E-state index contributed by atoms with van der Waals surface area (Å²) in [7, 11) is 1.60. The topological polar surface area (TPSA) is 57.6 Å². The van der Waals surface area contributed by atoms with Crippen molar-refractivity contribution in [3.05, 3.63) is 29.1 Å². The van der Waals surface area contributed by atoms with Gasteiger partial charge in [-0.15, -0.1) is 0 Å². The quantitative estimate of drug-likeness (QED) is 0.810. The molecule has 4 nitrogen and oxygen atoms in total. The van der Waals surface area contributed by atoms with Gasteiger partial charge in [-0.2, -0.15) is 0 Å². The number of hydrogen-bond donors (Lipinski definition) is 1. The number of carbonyl (C=O) groups excluding carboxylic acids is 2. The Morgan fingerprint density at radius 3 is 2.52 bits per heavy atom. The van der Waals surface area contributed by atoms with Crippen LogP contribution in [0, 0.1) is 11.7 Å². The highest BCUT2D eigenvalue weighted by Gasteiger charge is 2.29. The molecule has 1 aromatic carbocycles. The fourth-order valence-electron chi connectivity index (χ4n) is 2.76. The van der Waals surface area contributed by atoms with E-state index in [0.29, 0.717) is 18.0 Å². The van der Waals surface area contributed by atoms with Crippen molar-refractivity contribution in [3.63, 3.8) is 0 Å². The first-order valence-corrected chi connectivity index (χ1v) is 7.25. The summed E-state index contributed by atoms with van der Waals surface area (Å²) in [4.78, 5) is 22.9. The second-order valence-corrected chi connectivity index (χ2v) is 5.63. The Hall–Kier alpha value is -1.91. The molecule has 21 heavy (non-hydrogen) atoms. The third-order valence-corrected chi connectivity index (χ3v) is 4.02. The Balaban J connectivity index is 0.000000173. The molecule has 0 spiro atoms. The van der Waals surface area contributed by atoms with Crippen LogP contribution in [0.15, 0.2) is 12.1 Å². The summed E-state index contributed by atoms with van der Waals surface area (Å²) in [6.07, 6.45) is 7.27. The van der Waals surface area contributed by atoms with Crippen LogP contribution in [0.3, 0.4) is 0 Å². The highest BCUT2D eigenvalue weighted by atomic mass is 19.1. The van der Waals surface area contributed by atoms with Gasteiger partial charge in [0.05, 0.1) is 5.56 Å². The van der Waals surface area contributed by atoms with Gasteiger partial charge in [-0.25, -0.2) is 4.39 Å². The number of hydrogen-bond acceptors (Lipinski definition) is 3. The molecule has 1 aliphatic carbocycles. The molecule has 0 bridgehead atoms. The third kappa shape index (κ3) is 3.40. The van der Waals surface area contributed by atoms with Gasteiger partial charge < -0.3 is 14.8 Å². The number of halogens is 1. The first-order valence-electron chi connectivity index (χ1n) is 7.25. The highest BCUT2D eigenvalue weighted by Crippen LogP contribution is 2.29. The van der Waals surface area contributed by atoms with E-state index in [1.807, 2.05) is 0 Å². The summed E-state index contributed by atoms with van der Waals surface area (Å²) < 4.78 is 13.2. The molecule has 1 N–H and O–H groups in total. The minimum absolute atomic E-state index is 0.00231. The Bertz CT molecular complexity index is 539. The molecular weight excluding hydrogens is 273 g/mol. The van der Waals surface area contributed by atoms with Crippen LogP contribution in [-0.2, 0) is 11.3 Å². The minimum Gasteiger partial charge on any atom is -0.505 e. The van der Waals surface area contributed by atoms with Gasteiger partial charge in [-0.1, -0.05) is 25.3 Å². The molecule has 0 atom stereocenters. The summed E-state index contributed by atoms with van der Waals surface area (Å²) in [5.41, 5.74) is 0.630. The van der Waals surface area contributed by atoms with Crippen molar-refractivity contribution in [2.75, 3.05) is 7.05 Å². The van der Waals surface area contributed by atoms with E-state index >= 15 is 0 Å². The van der Waals surface area contributed by atoms with E-state index in [0.717, 1.165) is 19.1 Å². The Morgan fingerprint density at radius 2 is 1.95 bits per heavy atom. The van der Waals surface area contributed by atoms with Gasteiger partial charge in [0, 0.05) is 19.5 Å². The molecule has 1 aromatic rings. The molecule has 3 rings (SSSR count). The maximum atomic E-state index is 13.2. The van der Waals surface area contributed by atoms with Gasteiger partial charge in [-0.3, -0.25) is 4.79 Å². The van der Waals surface area contributed by atoms with Crippen LogP contribution in [0.25, 0.3) is 0 Å². The Kier molecular flexibility index (Phi) is 4.94.